The molecule has 2 rings (SSSR count). The predicted octanol–water partition coefficient (Wildman–Crippen LogP) is 4.88. The lowest BCUT2D eigenvalue weighted by Gasteiger charge is -2.35. The van der Waals surface area contributed by atoms with Gasteiger partial charge in [-0.15, -0.1) is 24.8 Å². The van der Waals surface area contributed by atoms with Crippen LogP contribution in [-0.4, -0.2) is 39.4 Å². The van der Waals surface area contributed by atoms with Gasteiger partial charge in [0.25, 0.3) is 0 Å². The third kappa shape index (κ3) is 7.75. The van der Waals surface area contributed by atoms with Crippen LogP contribution in [0.1, 0.15) is 37.8 Å². The largest absolute Gasteiger partial charge is 0.544 e. The molecule has 1 saturated heterocycles. The summed E-state index contributed by atoms with van der Waals surface area (Å²) in [6, 6.07) is 9.43. The van der Waals surface area contributed by atoms with Gasteiger partial charge in [-0.1, -0.05) is 31.9 Å². The highest BCUT2D eigenvalue weighted by atomic mass is 35.5. The molecule has 1 aliphatic rings. The molecular formula is C18H34Cl2N2OSi. The number of hydrogen-bond donors (Lipinski definition) is 1. The number of piperazine rings is 1. The maximum atomic E-state index is 6.08. The molecule has 24 heavy (non-hydrogen) atoms. The minimum Gasteiger partial charge on any atom is -0.544 e. The second kappa shape index (κ2) is 11.4. The van der Waals surface area contributed by atoms with E-state index in [1.165, 1.54) is 24.8 Å². The fraction of sp³-hybridized carbons (Fsp3) is 0.667. The minimum atomic E-state index is -1.51. The van der Waals surface area contributed by atoms with E-state index in [9.17, 15) is 0 Å². The van der Waals surface area contributed by atoms with Crippen molar-refractivity contribution in [3.8, 4) is 5.75 Å². The quantitative estimate of drug-likeness (QED) is 0.668. The lowest BCUT2D eigenvalue weighted by atomic mass is 9.98. The van der Waals surface area contributed by atoms with E-state index < -0.39 is 8.32 Å². The smallest absolute Gasteiger partial charge is 0.242 e. The fourth-order valence-corrected chi connectivity index (χ4v) is 3.91. The van der Waals surface area contributed by atoms with E-state index in [2.05, 4.69) is 61.0 Å². The highest BCUT2D eigenvalue weighted by Gasteiger charge is 2.22. The standard InChI is InChI=1S/C18H32N2OSi.2ClH/c1-5-6-7-18(20-14-12-19-13-15-20)16-8-10-17(11-9-16)21-22(2,3)4;;/h8-11,18-19H,5-7,12-15H2,1-4H3;2*1H/t18-;;/m1../s1. The Balaban J connectivity index is 0.00000264. The molecule has 0 unspecified atom stereocenters. The molecule has 3 nitrogen and oxygen atoms in total. The molecule has 6 heteroatoms. The first-order chi connectivity index (χ1) is 10.5. The molecule has 0 saturated carbocycles. The summed E-state index contributed by atoms with van der Waals surface area (Å²) in [5.74, 6) is 1.03. The van der Waals surface area contributed by atoms with Crippen molar-refractivity contribution in [1.82, 2.24) is 10.2 Å². The van der Waals surface area contributed by atoms with Crippen LogP contribution in [0, 0.1) is 0 Å². The number of halogens is 2. The van der Waals surface area contributed by atoms with Gasteiger partial charge < -0.3 is 9.74 Å². The fourth-order valence-electron chi connectivity index (χ4n) is 3.06. The molecule has 0 amide bonds. The van der Waals surface area contributed by atoms with E-state index in [0.29, 0.717) is 6.04 Å². The zero-order valence-corrected chi connectivity index (χ0v) is 18.1. The van der Waals surface area contributed by atoms with Gasteiger partial charge in [0.15, 0.2) is 0 Å². The average molecular weight is 393 g/mol. The van der Waals surface area contributed by atoms with Crippen molar-refractivity contribution < 1.29 is 4.43 Å². The summed E-state index contributed by atoms with van der Waals surface area (Å²) in [5.41, 5.74) is 1.44. The van der Waals surface area contributed by atoms with E-state index in [4.69, 9.17) is 4.43 Å². The van der Waals surface area contributed by atoms with Crippen molar-refractivity contribution >= 4 is 33.1 Å². The summed E-state index contributed by atoms with van der Waals surface area (Å²) in [4.78, 5) is 2.64. The zero-order chi connectivity index (χ0) is 16.0. The number of hydrogen-bond acceptors (Lipinski definition) is 3. The van der Waals surface area contributed by atoms with Crippen LogP contribution in [0.3, 0.4) is 0 Å². The Kier molecular flexibility index (Phi) is 11.2. The number of benzene rings is 1. The second-order valence-corrected chi connectivity index (χ2v) is 11.7. The number of nitrogens with zero attached hydrogens (tertiary/aromatic N) is 1. The maximum absolute atomic E-state index is 6.08. The van der Waals surface area contributed by atoms with Crippen molar-refractivity contribution in [2.75, 3.05) is 26.2 Å². The van der Waals surface area contributed by atoms with Gasteiger partial charge in [0.2, 0.25) is 8.32 Å². The third-order valence-corrected chi connectivity index (χ3v) is 4.96. The van der Waals surface area contributed by atoms with Crippen LogP contribution in [0.2, 0.25) is 19.6 Å². The SMILES string of the molecule is CCCC[C@H](c1ccc(O[Si](C)(C)C)cc1)N1CCNCC1.Cl.Cl. The Morgan fingerprint density at radius 3 is 2.17 bits per heavy atom. The van der Waals surface area contributed by atoms with Crippen LogP contribution >= 0.6 is 24.8 Å². The maximum Gasteiger partial charge on any atom is 0.242 e. The molecule has 0 aliphatic carbocycles. The van der Waals surface area contributed by atoms with Gasteiger partial charge in [-0.05, 0) is 43.8 Å². The van der Waals surface area contributed by atoms with Gasteiger partial charge in [0.1, 0.15) is 5.75 Å². The number of rotatable bonds is 7. The van der Waals surface area contributed by atoms with Gasteiger partial charge in [-0.3, -0.25) is 4.90 Å². The van der Waals surface area contributed by atoms with Crippen LogP contribution in [0.5, 0.6) is 5.75 Å². The lowest BCUT2D eigenvalue weighted by Crippen LogP contribution is -2.45. The minimum absolute atomic E-state index is 0. The Morgan fingerprint density at radius 2 is 1.67 bits per heavy atom. The summed E-state index contributed by atoms with van der Waals surface area (Å²) >= 11 is 0. The van der Waals surface area contributed by atoms with Crippen molar-refractivity contribution in [2.24, 2.45) is 0 Å². The van der Waals surface area contributed by atoms with Crippen LogP contribution in [0.15, 0.2) is 24.3 Å². The second-order valence-electron chi connectivity index (χ2n) is 7.23. The molecule has 1 aromatic carbocycles. The number of unbranched alkanes of at least 4 members (excludes halogenated alkanes) is 1. The Morgan fingerprint density at radius 1 is 1.08 bits per heavy atom. The molecule has 0 radical (unpaired) electrons. The normalized spacial score (nSPS) is 16.7. The summed E-state index contributed by atoms with van der Waals surface area (Å²) in [6.07, 6.45) is 3.81. The molecule has 1 atom stereocenters. The van der Waals surface area contributed by atoms with Crippen LogP contribution in [0.25, 0.3) is 0 Å². The molecule has 0 spiro atoms. The molecule has 0 bridgehead atoms. The van der Waals surface area contributed by atoms with Crippen molar-refractivity contribution in [3.63, 3.8) is 0 Å². The van der Waals surface area contributed by atoms with Gasteiger partial charge in [-0.2, -0.15) is 0 Å². The van der Waals surface area contributed by atoms with Gasteiger partial charge >= 0.3 is 0 Å². The molecule has 140 valence electrons. The highest BCUT2D eigenvalue weighted by molar-refractivity contribution is 6.70. The molecule has 1 fully saturated rings. The average Bonchev–Trinajstić information content (AvgIpc) is 2.49. The van der Waals surface area contributed by atoms with E-state index in [1.807, 2.05) is 0 Å². The van der Waals surface area contributed by atoms with Gasteiger partial charge in [0.05, 0.1) is 0 Å². The molecule has 1 aliphatic heterocycles. The van der Waals surface area contributed by atoms with Crippen molar-refractivity contribution in [3.05, 3.63) is 29.8 Å². The van der Waals surface area contributed by atoms with E-state index in [-0.39, 0.29) is 24.8 Å². The first-order valence-corrected chi connectivity index (χ1v) is 12.1. The summed E-state index contributed by atoms with van der Waals surface area (Å²) in [6.45, 7) is 13.5. The summed E-state index contributed by atoms with van der Waals surface area (Å²) in [5, 5.41) is 3.45. The summed E-state index contributed by atoms with van der Waals surface area (Å²) in [7, 11) is -1.51. The van der Waals surface area contributed by atoms with E-state index >= 15 is 0 Å². The third-order valence-electron chi connectivity index (χ3n) is 4.11. The Hall–Kier alpha value is -0.263. The molecule has 1 N–H and O–H groups in total. The van der Waals surface area contributed by atoms with Crippen molar-refractivity contribution in [2.45, 2.75) is 51.9 Å². The van der Waals surface area contributed by atoms with E-state index in [1.54, 1.807) is 0 Å². The Labute approximate surface area is 161 Å². The first-order valence-electron chi connectivity index (χ1n) is 8.73. The topological polar surface area (TPSA) is 24.5 Å². The number of nitrogens with one attached hydrogen (secondary N) is 1. The van der Waals surface area contributed by atoms with Crippen LogP contribution in [0.4, 0.5) is 0 Å². The first kappa shape index (κ1) is 23.7. The molecular weight excluding hydrogens is 359 g/mol. The lowest BCUT2D eigenvalue weighted by molar-refractivity contribution is 0.163. The Bertz CT molecular complexity index is 445. The van der Waals surface area contributed by atoms with Gasteiger partial charge in [0, 0.05) is 32.2 Å². The monoisotopic (exact) mass is 392 g/mol. The summed E-state index contributed by atoms with van der Waals surface area (Å²) < 4.78 is 6.08. The van der Waals surface area contributed by atoms with E-state index in [0.717, 1.165) is 31.9 Å². The zero-order valence-electron chi connectivity index (χ0n) is 15.5. The molecule has 1 heterocycles. The predicted molar refractivity (Wildman–Crippen MR) is 112 cm³/mol. The molecule has 0 aromatic heterocycles. The molecule has 1 aromatic rings. The van der Waals surface area contributed by atoms with Gasteiger partial charge in [-0.25, -0.2) is 0 Å². The highest BCUT2D eigenvalue weighted by Crippen LogP contribution is 2.28. The van der Waals surface area contributed by atoms with Crippen LogP contribution in [-0.2, 0) is 0 Å². The van der Waals surface area contributed by atoms with Crippen molar-refractivity contribution in [1.29, 1.82) is 0 Å². The van der Waals surface area contributed by atoms with Crippen LogP contribution < -0.4 is 9.74 Å².